The van der Waals surface area contributed by atoms with Gasteiger partial charge in [-0.2, -0.15) is 13.2 Å². The summed E-state index contributed by atoms with van der Waals surface area (Å²) in [7, 11) is 0. The zero-order valence-corrected chi connectivity index (χ0v) is 9.31. The molecule has 0 bridgehead atoms. The van der Waals surface area contributed by atoms with Gasteiger partial charge in [-0.3, -0.25) is 14.0 Å². The van der Waals surface area contributed by atoms with Crippen LogP contribution in [0.1, 0.15) is 11.3 Å². The van der Waals surface area contributed by atoms with E-state index in [1.165, 1.54) is 0 Å². The Labute approximate surface area is 103 Å². The van der Waals surface area contributed by atoms with Crippen molar-refractivity contribution in [2.24, 2.45) is 0 Å². The summed E-state index contributed by atoms with van der Waals surface area (Å²) in [5.74, 6) is -1.22. The summed E-state index contributed by atoms with van der Waals surface area (Å²) >= 11 is 0. The molecule has 0 aromatic carbocycles. The number of aliphatic carboxylic acids is 1. The average molecular weight is 272 g/mol. The molecule has 0 aliphatic carbocycles. The fourth-order valence-electron chi connectivity index (χ4n) is 1.57. The minimum Gasteiger partial charge on any atom is -0.481 e. The van der Waals surface area contributed by atoms with Crippen molar-refractivity contribution in [2.75, 3.05) is 0 Å². The van der Waals surface area contributed by atoms with Crippen LogP contribution in [0, 0.1) is 0 Å². The third kappa shape index (κ3) is 2.72. The summed E-state index contributed by atoms with van der Waals surface area (Å²) < 4.78 is 38.5. The number of pyridine rings is 1. The first kappa shape index (κ1) is 13.1. The van der Waals surface area contributed by atoms with Gasteiger partial charge in [-0.15, -0.1) is 0 Å². The smallest absolute Gasteiger partial charge is 0.416 e. The lowest BCUT2D eigenvalue weighted by Crippen LogP contribution is -2.18. The number of aromatic nitrogens is 2. The van der Waals surface area contributed by atoms with E-state index in [0.717, 1.165) is 22.7 Å². The van der Waals surface area contributed by atoms with E-state index in [9.17, 15) is 22.8 Å². The van der Waals surface area contributed by atoms with E-state index in [4.69, 9.17) is 5.11 Å². The van der Waals surface area contributed by atoms with Gasteiger partial charge in [0.15, 0.2) is 0 Å². The fraction of sp³-hybridized carbons (Fsp3) is 0.182. The van der Waals surface area contributed by atoms with E-state index in [2.05, 4.69) is 4.98 Å². The zero-order valence-electron chi connectivity index (χ0n) is 9.31. The number of carbonyl (C=O) groups is 1. The highest BCUT2D eigenvalue weighted by atomic mass is 19.4. The Balaban J connectivity index is 2.63. The number of rotatable bonds is 2. The van der Waals surface area contributed by atoms with Crippen molar-refractivity contribution >= 4 is 11.6 Å². The normalized spacial score (nSPS) is 11.7. The predicted molar refractivity (Wildman–Crippen MR) is 57.8 cm³/mol. The molecule has 5 nitrogen and oxygen atoms in total. The van der Waals surface area contributed by atoms with Crippen molar-refractivity contribution < 1.29 is 23.1 Å². The van der Waals surface area contributed by atoms with E-state index in [1.54, 1.807) is 0 Å². The summed E-state index contributed by atoms with van der Waals surface area (Å²) in [6.07, 6.45) is -4.12. The Morgan fingerprint density at radius 3 is 2.63 bits per heavy atom. The molecule has 0 atom stereocenters. The number of hydrogen-bond donors (Lipinski definition) is 1. The molecule has 2 rings (SSSR count). The van der Waals surface area contributed by atoms with Crippen molar-refractivity contribution in [1.82, 2.24) is 9.38 Å². The monoisotopic (exact) mass is 272 g/mol. The lowest BCUT2D eigenvalue weighted by molar-refractivity contribution is -0.138. The van der Waals surface area contributed by atoms with Gasteiger partial charge in [-0.05, 0) is 12.1 Å². The molecule has 0 amide bonds. The molecule has 0 saturated carbocycles. The molecule has 0 radical (unpaired) electrons. The van der Waals surface area contributed by atoms with Gasteiger partial charge in [0.25, 0.3) is 5.56 Å². The highest BCUT2D eigenvalue weighted by molar-refractivity contribution is 5.69. The fourth-order valence-corrected chi connectivity index (χ4v) is 1.57. The summed E-state index contributed by atoms with van der Waals surface area (Å²) in [4.78, 5) is 25.8. The Hall–Kier alpha value is -2.38. The van der Waals surface area contributed by atoms with Gasteiger partial charge in [0.2, 0.25) is 0 Å². The van der Waals surface area contributed by atoms with Gasteiger partial charge in [0, 0.05) is 12.3 Å². The van der Waals surface area contributed by atoms with Crippen molar-refractivity contribution in [3.63, 3.8) is 0 Å². The molecule has 0 aliphatic heterocycles. The number of hydrogen-bond acceptors (Lipinski definition) is 3. The van der Waals surface area contributed by atoms with Crippen LogP contribution in [0.4, 0.5) is 13.2 Å². The standard InChI is InChI=1S/C11H7F3N2O3/c12-11(13,14)6-1-2-16-8(3-6)15-7(4-9(16)17)5-10(18)19/h1-4H,5H2,(H,18,19). The summed E-state index contributed by atoms with van der Waals surface area (Å²) in [5, 5.41) is 8.58. The molecular formula is C11H7F3N2O3. The number of carboxylic acid groups (broad SMARTS) is 1. The third-order valence-electron chi connectivity index (χ3n) is 2.38. The van der Waals surface area contributed by atoms with Gasteiger partial charge in [0.05, 0.1) is 17.7 Å². The average Bonchev–Trinajstić information content (AvgIpc) is 2.26. The van der Waals surface area contributed by atoms with Crippen molar-refractivity contribution in [3.8, 4) is 0 Å². The second kappa shape index (κ2) is 4.38. The molecule has 0 spiro atoms. The first-order valence-corrected chi connectivity index (χ1v) is 5.09. The van der Waals surface area contributed by atoms with E-state index in [-0.39, 0.29) is 11.3 Å². The first-order valence-electron chi connectivity index (χ1n) is 5.09. The number of halogens is 3. The molecule has 19 heavy (non-hydrogen) atoms. The van der Waals surface area contributed by atoms with Crippen molar-refractivity contribution in [3.05, 3.63) is 46.0 Å². The Morgan fingerprint density at radius 1 is 1.37 bits per heavy atom. The van der Waals surface area contributed by atoms with Gasteiger partial charge in [-0.25, -0.2) is 4.98 Å². The zero-order chi connectivity index (χ0) is 14.2. The van der Waals surface area contributed by atoms with Crippen LogP contribution < -0.4 is 5.56 Å². The largest absolute Gasteiger partial charge is 0.481 e. The second-order valence-corrected chi connectivity index (χ2v) is 3.80. The van der Waals surface area contributed by atoms with Gasteiger partial charge >= 0.3 is 12.1 Å². The van der Waals surface area contributed by atoms with Crippen LogP contribution in [0.15, 0.2) is 29.2 Å². The third-order valence-corrected chi connectivity index (χ3v) is 2.38. The maximum Gasteiger partial charge on any atom is 0.416 e. The molecule has 0 aliphatic rings. The highest BCUT2D eigenvalue weighted by Gasteiger charge is 2.30. The topological polar surface area (TPSA) is 71.7 Å². The van der Waals surface area contributed by atoms with Gasteiger partial charge < -0.3 is 5.11 Å². The molecule has 2 aromatic heterocycles. The van der Waals surface area contributed by atoms with E-state index < -0.39 is 29.7 Å². The first-order chi connectivity index (χ1) is 8.77. The van der Waals surface area contributed by atoms with Crippen molar-refractivity contribution in [1.29, 1.82) is 0 Å². The summed E-state index contributed by atoms with van der Waals surface area (Å²) in [6, 6.07) is 2.44. The van der Waals surface area contributed by atoms with E-state index in [1.807, 2.05) is 0 Å². The number of nitrogens with zero attached hydrogens (tertiary/aromatic N) is 2. The Bertz CT molecular complexity index is 706. The van der Waals surface area contributed by atoms with Gasteiger partial charge in [-0.1, -0.05) is 0 Å². The van der Waals surface area contributed by atoms with E-state index in [0.29, 0.717) is 6.07 Å². The minimum atomic E-state index is -4.55. The van der Waals surface area contributed by atoms with Crippen LogP contribution in [-0.2, 0) is 17.4 Å². The summed E-state index contributed by atoms with van der Waals surface area (Å²) in [5.41, 5.74) is -1.91. The maximum atomic E-state index is 12.5. The maximum absolute atomic E-state index is 12.5. The van der Waals surface area contributed by atoms with Crippen LogP contribution in [-0.4, -0.2) is 20.5 Å². The quantitative estimate of drug-likeness (QED) is 0.895. The Morgan fingerprint density at radius 2 is 2.05 bits per heavy atom. The second-order valence-electron chi connectivity index (χ2n) is 3.80. The molecule has 8 heteroatoms. The minimum absolute atomic E-state index is 0.0863. The number of alkyl halides is 3. The molecule has 100 valence electrons. The summed E-state index contributed by atoms with van der Waals surface area (Å²) in [6.45, 7) is 0. The number of fused-ring (bicyclic) bond motifs is 1. The van der Waals surface area contributed by atoms with Crippen LogP contribution in [0.3, 0.4) is 0 Å². The lowest BCUT2D eigenvalue weighted by Gasteiger charge is -2.08. The Kier molecular flexibility index (Phi) is 3.01. The molecule has 1 N–H and O–H groups in total. The van der Waals surface area contributed by atoms with Crippen molar-refractivity contribution in [2.45, 2.75) is 12.6 Å². The molecule has 2 aromatic rings. The molecule has 0 unspecified atom stereocenters. The highest BCUT2D eigenvalue weighted by Crippen LogP contribution is 2.29. The molecule has 0 saturated heterocycles. The van der Waals surface area contributed by atoms with E-state index >= 15 is 0 Å². The molecule has 0 fully saturated rings. The van der Waals surface area contributed by atoms with Crippen LogP contribution >= 0.6 is 0 Å². The molecule has 2 heterocycles. The SMILES string of the molecule is O=C(O)Cc1cc(=O)n2ccc(C(F)(F)F)cc2n1. The van der Waals surface area contributed by atoms with Crippen LogP contribution in [0.2, 0.25) is 0 Å². The lowest BCUT2D eigenvalue weighted by atomic mass is 10.2. The van der Waals surface area contributed by atoms with Gasteiger partial charge in [0.1, 0.15) is 5.65 Å². The number of carboxylic acids is 1. The van der Waals surface area contributed by atoms with Crippen LogP contribution in [0.25, 0.3) is 5.65 Å². The predicted octanol–water partition coefficient (Wildman–Crippen LogP) is 1.34. The van der Waals surface area contributed by atoms with Crippen LogP contribution in [0.5, 0.6) is 0 Å². The molecular weight excluding hydrogens is 265 g/mol.